The Morgan fingerprint density at radius 3 is 2.30 bits per heavy atom. The van der Waals surface area contributed by atoms with Crippen LogP contribution in [0.25, 0.3) is 32.6 Å². The second kappa shape index (κ2) is 23.8. The van der Waals surface area contributed by atoms with E-state index in [2.05, 4.69) is 40.7 Å². The highest BCUT2D eigenvalue weighted by molar-refractivity contribution is 7.90. The van der Waals surface area contributed by atoms with Crippen LogP contribution in [0.4, 0.5) is 29.3 Å². The SMILES string of the molecule is Cc1ncsc1-c1ccc([C@H](C)NC(=O)[C@@H]2C[C@@H](O)CN2C(=O)[C@@H](CNC(=O)NCCCN2CCN(c3ccc(-c4cnc5[nH]cc(C(=O)c6c(F)ccc(NS(=O)(=O)N7CC[C@@H](F)C7)c6F)c5c4)cc3)CC2)C(C)(C)C)cc1. The molecule has 3 aliphatic heterocycles. The summed E-state index contributed by atoms with van der Waals surface area (Å²) in [5, 5.41) is 19.9. The highest BCUT2D eigenvalue weighted by Crippen LogP contribution is 2.34. The van der Waals surface area contributed by atoms with Gasteiger partial charge in [-0.3, -0.25) is 24.0 Å². The number of fused-ring (bicyclic) bond motifs is 1. The van der Waals surface area contributed by atoms with Gasteiger partial charge in [0.25, 0.3) is 0 Å². The van der Waals surface area contributed by atoms with E-state index < -0.39 is 81.1 Å². The molecule has 3 aliphatic rings. The minimum absolute atomic E-state index is 0.00896. The van der Waals surface area contributed by atoms with Gasteiger partial charge in [0.15, 0.2) is 5.82 Å². The van der Waals surface area contributed by atoms with Crippen LogP contribution in [-0.2, 0) is 19.8 Å². The number of aryl methyl sites for hydroxylation is 1. The van der Waals surface area contributed by atoms with Crippen molar-refractivity contribution in [2.75, 3.05) is 75.1 Å². The molecule has 0 aliphatic carbocycles. The number of carbonyl (C=O) groups is 4. The van der Waals surface area contributed by atoms with Gasteiger partial charge in [-0.05, 0) is 85.7 Å². The van der Waals surface area contributed by atoms with Crippen LogP contribution in [0.3, 0.4) is 0 Å². The molecule has 6 heterocycles. The maximum atomic E-state index is 15.8. The molecule has 23 heteroatoms. The average Bonchev–Trinajstić information content (AvgIpc) is 4.45. The number of ketones is 1. The smallest absolute Gasteiger partial charge is 0.314 e. The van der Waals surface area contributed by atoms with Crippen molar-refractivity contribution in [3.8, 4) is 21.6 Å². The third-order valence-electron chi connectivity index (χ3n) is 15.1. The summed E-state index contributed by atoms with van der Waals surface area (Å²) in [5.41, 5.74) is 5.21. The monoisotopic (exact) mass is 1130 g/mol. The molecule has 0 spiro atoms. The van der Waals surface area contributed by atoms with Crippen LogP contribution in [0.2, 0.25) is 0 Å². The lowest BCUT2D eigenvalue weighted by molar-refractivity contribution is -0.144. The summed E-state index contributed by atoms with van der Waals surface area (Å²) in [6, 6.07) is 17.5. The molecule has 6 N–H and O–H groups in total. The number of piperazine rings is 1. The summed E-state index contributed by atoms with van der Waals surface area (Å²) in [6.45, 7) is 13.5. The molecule has 0 unspecified atom stereocenters. The van der Waals surface area contributed by atoms with Gasteiger partial charge in [-0.2, -0.15) is 12.7 Å². The van der Waals surface area contributed by atoms with Crippen LogP contribution in [0.1, 0.15) is 80.2 Å². The number of nitrogens with zero attached hydrogens (tertiary/aromatic N) is 6. The molecule has 3 saturated heterocycles. The number of urea groups is 1. The number of β-amino-alcohol motifs (C(OH)–C–C–N with tert-alkyl or cyclic N) is 1. The number of carbonyl (C=O) groups excluding carboxylic acids is 4. The standard InChI is InChI=1S/C56H66F3N11O7S2/c1-33(35-7-9-37(10-8-35)51-34(2)64-32-78-51)65-53(73)47-26-41(71)31-70(47)54(74)44(56(3,4)5)29-63-55(75)60-18-6-19-67-21-23-68(24-22-67)40-13-11-36(12-14-40)38-25-42-43(28-62-52(42)61-27-38)50(72)48-45(58)15-16-46(49(48)59)66-79(76,77)69-20-17-39(57)30-69/h7-16,25,27-28,32-33,39,41,44,47,66,71H,6,17-24,26,29-31H2,1-5H3,(H,61,62)(H,65,73)(H2,60,63,75)/t33-,39+,41+,44+,47-/m0/s1. The lowest BCUT2D eigenvalue weighted by Gasteiger charge is -2.36. The first-order valence-corrected chi connectivity index (χ1v) is 28.8. The molecule has 4 amide bonds. The molecule has 0 saturated carbocycles. The first kappa shape index (κ1) is 56.8. The molecule has 6 aromatic rings. The minimum atomic E-state index is -4.38. The number of thiazole rings is 1. The zero-order valence-electron chi connectivity index (χ0n) is 44.7. The van der Waals surface area contributed by atoms with E-state index in [1.165, 1.54) is 11.1 Å². The van der Waals surface area contributed by atoms with Crippen LogP contribution < -0.4 is 25.6 Å². The number of benzene rings is 3. The number of H-pyrrole nitrogens is 1. The van der Waals surface area contributed by atoms with Crippen LogP contribution in [0.5, 0.6) is 0 Å². The van der Waals surface area contributed by atoms with Crippen LogP contribution in [0.15, 0.2) is 84.6 Å². The molecular formula is C56H66F3N11O7S2. The molecule has 5 atom stereocenters. The number of halogens is 3. The van der Waals surface area contributed by atoms with E-state index >= 15 is 8.78 Å². The van der Waals surface area contributed by atoms with Gasteiger partial charge in [-0.1, -0.05) is 57.2 Å². The van der Waals surface area contributed by atoms with Gasteiger partial charge in [-0.15, -0.1) is 11.3 Å². The fraction of sp³-hybridized carbons (Fsp3) is 0.429. The number of hydrogen-bond acceptors (Lipinski definition) is 12. The van der Waals surface area contributed by atoms with Crippen LogP contribution in [0, 0.1) is 29.9 Å². The Balaban J connectivity index is 0.724. The Labute approximate surface area is 461 Å². The van der Waals surface area contributed by atoms with Crippen molar-refractivity contribution in [2.45, 2.75) is 78.2 Å². The lowest BCUT2D eigenvalue weighted by atomic mass is 9.79. The van der Waals surface area contributed by atoms with Gasteiger partial charge in [0.05, 0.1) is 45.4 Å². The van der Waals surface area contributed by atoms with E-state index in [1.54, 1.807) is 23.6 Å². The summed E-state index contributed by atoms with van der Waals surface area (Å²) >= 11 is 1.57. The number of aromatic amines is 1. The van der Waals surface area contributed by atoms with Crippen molar-refractivity contribution in [1.29, 1.82) is 0 Å². The average molecular weight is 1130 g/mol. The topological polar surface area (TPSA) is 225 Å². The van der Waals surface area contributed by atoms with Gasteiger partial charge in [0, 0.05) is 99.9 Å². The van der Waals surface area contributed by atoms with Crippen molar-refractivity contribution in [2.24, 2.45) is 11.3 Å². The zero-order chi connectivity index (χ0) is 56.3. The number of aliphatic hydroxyl groups excluding tert-OH is 1. The van der Waals surface area contributed by atoms with E-state index in [4.69, 9.17) is 0 Å². The Morgan fingerprint density at radius 1 is 0.911 bits per heavy atom. The van der Waals surface area contributed by atoms with Gasteiger partial charge in [-0.25, -0.2) is 27.9 Å². The van der Waals surface area contributed by atoms with E-state index in [-0.39, 0.29) is 55.9 Å². The summed E-state index contributed by atoms with van der Waals surface area (Å²) in [4.78, 5) is 73.6. The quantitative estimate of drug-likeness (QED) is 0.0373. The summed E-state index contributed by atoms with van der Waals surface area (Å²) in [5.74, 6) is -4.93. The second-order valence-electron chi connectivity index (χ2n) is 21.6. The first-order chi connectivity index (χ1) is 37.6. The number of likely N-dealkylation sites (tertiary alicyclic amines) is 1. The predicted octanol–water partition coefficient (Wildman–Crippen LogP) is 7.18. The highest BCUT2D eigenvalue weighted by Gasteiger charge is 2.44. The van der Waals surface area contributed by atoms with Crippen molar-refractivity contribution >= 4 is 67.6 Å². The van der Waals surface area contributed by atoms with Gasteiger partial charge in [0.2, 0.25) is 17.6 Å². The number of hydrogen-bond donors (Lipinski definition) is 6. The number of aliphatic hydroxyl groups is 1. The molecule has 3 aromatic carbocycles. The fourth-order valence-corrected chi connectivity index (χ4v) is 12.5. The minimum Gasteiger partial charge on any atom is -0.391 e. The number of rotatable bonds is 18. The Kier molecular flexibility index (Phi) is 17.1. The molecule has 0 radical (unpaired) electrons. The molecule has 9 rings (SSSR count). The molecular weight excluding hydrogens is 1060 g/mol. The van der Waals surface area contributed by atoms with E-state index in [9.17, 15) is 37.1 Å². The first-order valence-electron chi connectivity index (χ1n) is 26.5. The number of alkyl halides is 1. The van der Waals surface area contributed by atoms with E-state index in [1.807, 2.05) is 93.4 Å². The van der Waals surface area contributed by atoms with E-state index in [0.29, 0.717) is 29.6 Å². The number of pyridine rings is 1. The van der Waals surface area contributed by atoms with Gasteiger partial charge >= 0.3 is 16.2 Å². The summed E-state index contributed by atoms with van der Waals surface area (Å²) in [7, 11) is -4.38. The molecule has 3 fully saturated rings. The Bertz CT molecular complexity index is 3310. The normalized spacial score (nSPS) is 19.1. The van der Waals surface area contributed by atoms with Crippen molar-refractivity contribution in [3.05, 3.63) is 119 Å². The molecule has 18 nitrogen and oxygen atoms in total. The largest absolute Gasteiger partial charge is 0.391 e. The number of nitrogens with one attached hydrogen (secondary N) is 5. The van der Waals surface area contributed by atoms with Crippen molar-refractivity contribution in [1.82, 2.24) is 45.0 Å². The Morgan fingerprint density at radius 2 is 1.63 bits per heavy atom. The van der Waals surface area contributed by atoms with E-state index in [0.717, 1.165) is 82.1 Å². The lowest BCUT2D eigenvalue weighted by Crippen LogP contribution is -2.53. The third kappa shape index (κ3) is 12.9. The number of aromatic nitrogens is 3. The maximum Gasteiger partial charge on any atom is 0.314 e. The second-order valence-corrected chi connectivity index (χ2v) is 24.1. The maximum absolute atomic E-state index is 15.8. The Hall–Kier alpha value is -6.92. The van der Waals surface area contributed by atoms with Crippen LogP contribution in [-0.4, -0.2) is 150 Å². The fourth-order valence-electron chi connectivity index (χ4n) is 10.5. The molecule has 0 bridgehead atoms. The number of anilines is 2. The van der Waals surface area contributed by atoms with Crippen molar-refractivity contribution in [3.63, 3.8) is 0 Å². The van der Waals surface area contributed by atoms with Crippen molar-refractivity contribution < 1.29 is 45.9 Å². The molecule has 420 valence electrons. The molecule has 79 heavy (non-hydrogen) atoms. The summed E-state index contributed by atoms with van der Waals surface area (Å²) in [6.07, 6.45) is 1.50. The predicted molar refractivity (Wildman–Crippen MR) is 298 cm³/mol. The van der Waals surface area contributed by atoms with Crippen LogP contribution >= 0.6 is 11.3 Å². The number of amides is 4. The van der Waals surface area contributed by atoms with Gasteiger partial charge < -0.3 is 35.8 Å². The highest BCUT2D eigenvalue weighted by atomic mass is 32.2. The molecule has 3 aromatic heterocycles. The summed E-state index contributed by atoms with van der Waals surface area (Å²) < 4.78 is 73.3. The van der Waals surface area contributed by atoms with Gasteiger partial charge in [0.1, 0.15) is 23.7 Å². The third-order valence-corrected chi connectivity index (χ3v) is 17.6. The zero-order valence-corrected chi connectivity index (χ0v) is 46.3.